The van der Waals surface area contributed by atoms with Gasteiger partial charge in [-0.05, 0) is 6.07 Å². The average molecular weight is 273 g/mol. The molecule has 0 aliphatic rings. The lowest BCUT2D eigenvalue weighted by Gasteiger charge is -2.13. The summed E-state index contributed by atoms with van der Waals surface area (Å²) in [6.45, 7) is 0.508. The molecule has 0 saturated heterocycles. The minimum Gasteiger partial charge on any atom is -0.384 e. The number of pyridine rings is 1. The zero-order valence-electron chi connectivity index (χ0n) is 12.0. The Hall–Kier alpha value is -2.30. The standard InChI is InChI=1S/C15H19N3O2/c1-17(2)14(19)8-9-16-12-10-15(20)18(3)13-7-5-4-6-11(12)13/h4-7,10,16H,8-9H2,1-3H3. The first kappa shape index (κ1) is 14.1. The van der Waals surface area contributed by atoms with Crippen LogP contribution in [0.4, 0.5) is 5.69 Å². The average Bonchev–Trinajstić information content (AvgIpc) is 2.44. The highest BCUT2D eigenvalue weighted by Gasteiger charge is 2.07. The number of hydrogen-bond donors (Lipinski definition) is 1. The van der Waals surface area contributed by atoms with Crippen molar-refractivity contribution in [3.63, 3.8) is 0 Å². The lowest BCUT2D eigenvalue weighted by molar-refractivity contribution is -0.128. The fraction of sp³-hybridized carbons (Fsp3) is 0.333. The first-order valence-electron chi connectivity index (χ1n) is 6.53. The summed E-state index contributed by atoms with van der Waals surface area (Å²) in [6.07, 6.45) is 0.399. The summed E-state index contributed by atoms with van der Waals surface area (Å²) < 4.78 is 1.62. The van der Waals surface area contributed by atoms with Gasteiger partial charge >= 0.3 is 0 Å². The van der Waals surface area contributed by atoms with Crippen LogP contribution in [0.25, 0.3) is 10.9 Å². The van der Waals surface area contributed by atoms with Crippen molar-refractivity contribution in [3.8, 4) is 0 Å². The van der Waals surface area contributed by atoms with Crippen LogP contribution in [-0.4, -0.2) is 36.0 Å². The van der Waals surface area contributed by atoms with Gasteiger partial charge in [-0.2, -0.15) is 0 Å². The summed E-state index contributed by atoms with van der Waals surface area (Å²) in [5.41, 5.74) is 1.59. The van der Waals surface area contributed by atoms with E-state index in [2.05, 4.69) is 5.32 Å². The molecule has 0 radical (unpaired) electrons. The number of benzene rings is 1. The summed E-state index contributed by atoms with van der Waals surface area (Å²) in [5.74, 6) is 0.0608. The van der Waals surface area contributed by atoms with Crippen molar-refractivity contribution in [1.29, 1.82) is 0 Å². The highest BCUT2D eigenvalue weighted by molar-refractivity contribution is 5.91. The van der Waals surface area contributed by atoms with Gasteiger partial charge in [0.1, 0.15) is 0 Å². The molecule has 2 aromatic rings. The van der Waals surface area contributed by atoms with Gasteiger partial charge in [0.15, 0.2) is 0 Å². The Labute approximate surface area is 117 Å². The molecule has 0 atom stereocenters. The zero-order valence-corrected chi connectivity index (χ0v) is 12.0. The maximum absolute atomic E-state index is 11.9. The van der Waals surface area contributed by atoms with Crippen molar-refractivity contribution in [2.24, 2.45) is 7.05 Å². The van der Waals surface area contributed by atoms with E-state index in [1.807, 2.05) is 24.3 Å². The van der Waals surface area contributed by atoms with Gasteiger partial charge in [0, 0.05) is 51.2 Å². The molecule has 2 rings (SSSR count). The number of fused-ring (bicyclic) bond motifs is 1. The van der Waals surface area contributed by atoms with Crippen LogP contribution < -0.4 is 10.9 Å². The van der Waals surface area contributed by atoms with Gasteiger partial charge in [-0.25, -0.2) is 0 Å². The SMILES string of the molecule is CN(C)C(=O)CCNc1cc(=O)n(C)c2ccccc12. The monoisotopic (exact) mass is 273 g/mol. The second kappa shape index (κ2) is 5.77. The number of carbonyl (C=O) groups excluding carboxylic acids is 1. The number of para-hydroxylation sites is 1. The van der Waals surface area contributed by atoms with E-state index in [4.69, 9.17) is 0 Å². The zero-order chi connectivity index (χ0) is 14.7. The van der Waals surface area contributed by atoms with Crippen LogP contribution in [0.3, 0.4) is 0 Å². The normalized spacial score (nSPS) is 10.6. The predicted octanol–water partition coefficient (Wildman–Crippen LogP) is 1.43. The molecule has 0 unspecified atom stereocenters. The minimum atomic E-state index is -0.0647. The van der Waals surface area contributed by atoms with Crippen LogP contribution in [0, 0.1) is 0 Å². The molecule has 0 aliphatic carbocycles. The molecule has 1 N–H and O–H groups in total. The number of nitrogens with one attached hydrogen (secondary N) is 1. The fourth-order valence-corrected chi connectivity index (χ4v) is 2.08. The largest absolute Gasteiger partial charge is 0.384 e. The van der Waals surface area contributed by atoms with E-state index in [0.717, 1.165) is 16.6 Å². The number of carbonyl (C=O) groups is 1. The molecule has 0 saturated carbocycles. The maximum Gasteiger partial charge on any atom is 0.252 e. The third kappa shape index (κ3) is 2.82. The Morgan fingerprint density at radius 3 is 2.70 bits per heavy atom. The topological polar surface area (TPSA) is 54.3 Å². The molecule has 1 aromatic carbocycles. The van der Waals surface area contributed by atoms with E-state index in [-0.39, 0.29) is 11.5 Å². The van der Waals surface area contributed by atoms with E-state index in [0.29, 0.717) is 13.0 Å². The molecule has 0 aliphatic heterocycles. The number of aryl methyl sites for hydroxylation is 1. The van der Waals surface area contributed by atoms with Crippen molar-refractivity contribution < 1.29 is 4.79 Å². The Balaban J connectivity index is 2.25. The van der Waals surface area contributed by atoms with E-state index >= 15 is 0 Å². The van der Waals surface area contributed by atoms with Gasteiger partial charge in [-0.1, -0.05) is 18.2 Å². The van der Waals surface area contributed by atoms with Crippen LogP contribution in [0.5, 0.6) is 0 Å². The molecular weight excluding hydrogens is 254 g/mol. The highest BCUT2D eigenvalue weighted by atomic mass is 16.2. The van der Waals surface area contributed by atoms with Crippen molar-refractivity contribution in [2.75, 3.05) is 26.0 Å². The maximum atomic E-state index is 11.9. The molecule has 1 heterocycles. The van der Waals surface area contributed by atoms with Crippen LogP contribution in [-0.2, 0) is 11.8 Å². The van der Waals surface area contributed by atoms with Gasteiger partial charge in [-0.15, -0.1) is 0 Å². The van der Waals surface area contributed by atoms with E-state index in [1.54, 1.807) is 36.7 Å². The minimum absolute atomic E-state index is 0.0608. The molecule has 0 spiro atoms. The lowest BCUT2D eigenvalue weighted by atomic mass is 10.1. The number of hydrogen-bond acceptors (Lipinski definition) is 3. The van der Waals surface area contributed by atoms with E-state index < -0.39 is 0 Å². The number of rotatable bonds is 4. The summed E-state index contributed by atoms with van der Waals surface area (Å²) in [7, 11) is 5.22. The molecule has 1 aromatic heterocycles. The van der Waals surface area contributed by atoms with Gasteiger partial charge in [-0.3, -0.25) is 9.59 Å². The van der Waals surface area contributed by atoms with E-state index in [1.165, 1.54) is 0 Å². The summed E-state index contributed by atoms with van der Waals surface area (Å²) >= 11 is 0. The summed E-state index contributed by atoms with van der Waals surface area (Å²) in [5, 5.41) is 4.16. The van der Waals surface area contributed by atoms with E-state index in [9.17, 15) is 9.59 Å². The molecule has 106 valence electrons. The van der Waals surface area contributed by atoms with Crippen molar-refractivity contribution in [3.05, 3.63) is 40.7 Å². The van der Waals surface area contributed by atoms with Crippen LogP contribution >= 0.6 is 0 Å². The van der Waals surface area contributed by atoms with Gasteiger partial charge in [0.2, 0.25) is 5.91 Å². The number of amides is 1. The van der Waals surface area contributed by atoms with Gasteiger partial charge < -0.3 is 14.8 Å². The molecule has 1 amide bonds. The van der Waals surface area contributed by atoms with Crippen molar-refractivity contribution >= 4 is 22.5 Å². The Bertz CT molecular complexity index is 689. The van der Waals surface area contributed by atoms with Crippen LogP contribution in [0.2, 0.25) is 0 Å². The second-order valence-electron chi connectivity index (χ2n) is 4.94. The second-order valence-corrected chi connectivity index (χ2v) is 4.94. The summed E-state index contributed by atoms with van der Waals surface area (Å²) in [6, 6.07) is 9.28. The van der Waals surface area contributed by atoms with Crippen LogP contribution in [0.15, 0.2) is 35.1 Å². The Morgan fingerprint density at radius 1 is 1.30 bits per heavy atom. The van der Waals surface area contributed by atoms with Gasteiger partial charge in [0.25, 0.3) is 5.56 Å². The number of anilines is 1. The third-order valence-electron chi connectivity index (χ3n) is 3.31. The molecule has 0 fully saturated rings. The molecular formula is C15H19N3O2. The number of aromatic nitrogens is 1. The predicted molar refractivity (Wildman–Crippen MR) is 81.0 cm³/mol. The summed E-state index contributed by atoms with van der Waals surface area (Å²) in [4.78, 5) is 25.0. The Kier molecular flexibility index (Phi) is 4.08. The quantitative estimate of drug-likeness (QED) is 0.917. The highest BCUT2D eigenvalue weighted by Crippen LogP contribution is 2.20. The smallest absolute Gasteiger partial charge is 0.252 e. The van der Waals surface area contributed by atoms with Gasteiger partial charge in [0.05, 0.1) is 5.52 Å². The lowest BCUT2D eigenvalue weighted by Crippen LogP contribution is -2.24. The first-order chi connectivity index (χ1) is 9.50. The van der Waals surface area contributed by atoms with Crippen LogP contribution in [0.1, 0.15) is 6.42 Å². The number of nitrogens with zero attached hydrogens (tertiary/aromatic N) is 2. The third-order valence-corrected chi connectivity index (χ3v) is 3.31. The molecule has 5 nitrogen and oxygen atoms in total. The molecule has 20 heavy (non-hydrogen) atoms. The fourth-order valence-electron chi connectivity index (χ4n) is 2.08. The Morgan fingerprint density at radius 2 is 2.00 bits per heavy atom. The molecule has 0 bridgehead atoms. The molecule has 5 heteroatoms. The van der Waals surface area contributed by atoms with Crippen molar-refractivity contribution in [2.45, 2.75) is 6.42 Å². The van der Waals surface area contributed by atoms with Crippen molar-refractivity contribution in [1.82, 2.24) is 9.47 Å². The first-order valence-corrected chi connectivity index (χ1v) is 6.53.